The van der Waals surface area contributed by atoms with Crippen LogP contribution in [-0.2, 0) is 0 Å². The SMILES string of the molecule is Cc1nc(Cl)c(C=O)c(NCC(C)(C)CCCO)n1. The summed E-state index contributed by atoms with van der Waals surface area (Å²) in [4.78, 5) is 19.2. The first-order valence-corrected chi connectivity index (χ1v) is 6.61. The van der Waals surface area contributed by atoms with Gasteiger partial charge in [-0.05, 0) is 25.2 Å². The summed E-state index contributed by atoms with van der Waals surface area (Å²) in [6.07, 6.45) is 2.29. The second kappa shape index (κ2) is 6.82. The van der Waals surface area contributed by atoms with E-state index in [1.54, 1.807) is 6.92 Å². The Kier molecular flexibility index (Phi) is 5.69. The molecule has 0 aliphatic rings. The van der Waals surface area contributed by atoms with Crippen LogP contribution in [0.2, 0.25) is 5.15 Å². The number of hydrogen-bond acceptors (Lipinski definition) is 5. The lowest BCUT2D eigenvalue weighted by atomic mass is 9.88. The number of aromatic nitrogens is 2. The zero-order valence-electron chi connectivity index (χ0n) is 11.5. The third-order valence-electron chi connectivity index (χ3n) is 2.87. The highest BCUT2D eigenvalue weighted by atomic mass is 35.5. The maximum absolute atomic E-state index is 11.0. The molecule has 0 radical (unpaired) electrons. The second-order valence-corrected chi connectivity index (χ2v) is 5.64. The first kappa shape index (κ1) is 15.9. The fraction of sp³-hybridized carbons (Fsp3) is 0.615. The van der Waals surface area contributed by atoms with Crippen molar-refractivity contribution in [3.8, 4) is 0 Å². The van der Waals surface area contributed by atoms with E-state index in [0.717, 1.165) is 12.8 Å². The van der Waals surface area contributed by atoms with E-state index >= 15 is 0 Å². The molecular weight excluding hydrogens is 266 g/mol. The first-order valence-electron chi connectivity index (χ1n) is 6.23. The van der Waals surface area contributed by atoms with Gasteiger partial charge in [-0.1, -0.05) is 25.4 Å². The van der Waals surface area contributed by atoms with Gasteiger partial charge in [0, 0.05) is 13.2 Å². The van der Waals surface area contributed by atoms with Gasteiger partial charge in [-0.25, -0.2) is 9.97 Å². The predicted octanol–water partition coefficient (Wildman–Crippen LogP) is 2.46. The van der Waals surface area contributed by atoms with E-state index in [9.17, 15) is 4.79 Å². The van der Waals surface area contributed by atoms with E-state index in [1.165, 1.54) is 0 Å². The summed E-state index contributed by atoms with van der Waals surface area (Å²) in [6.45, 7) is 6.72. The van der Waals surface area contributed by atoms with E-state index in [1.807, 2.05) is 0 Å². The molecular formula is C13H20ClN3O2. The van der Waals surface area contributed by atoms with E-state index in [4.69, 9.17) is 16.7 Å². The number of nitrogens with one attached hydrogen (secondary N) is 1. The number of carbonyl (C=O) groups excluding carboxylic acids is 1. The van der Waals surface area contributed by atoms with Gasteiger partial charge in [0.05, 0.1) is 5.56 Å². The molecule has 0 spiro atoms. The molecule has 0 aliphatic heterocycles. The van der Waals surface area contributed by atoms with Crippen LogP contribution in [-0.4, -0.2) is 34.5 Å². The Bertz CT molecular complexity index is 450. The third-order valence-corrected chi connectivity index (χ3v) is 3.16. The van der Waals surface area contributed by atoms with Crippen LogP contribution in [0.4, 0.5) is 5.82 Å². The molecule has 1 rings (SSSR count). The number of nitrogens with zero attached hydrogens (tertiary/aromatic N) is 2. The van der Waals surface area contributed by atoms with Gasteiger partial charge < -0.3 is 10.4 Å². The number of aliphatic hydroxyl groups excluding tert-OH is 1. The number of rotatable bonds is 7. The molecule has 1 aromatic heterocycles. The van der Waals surface area contributed by atoms with Crippen LogP contribution < -0.4 is 5.32 Å². The Morgan fingerprint density at radius 1 is 1.42 bits per heavy atom. The molecule has 0 unspecified atom stereocenters. The van der Waals surface area contributed by atoms with Crippen molar-refractivity contribution in [2.75, 3.05) is 18.5 Å². The number of carbonyl (C=O) groups is 1. The van der Waals surface area contributed by atoms with Gasteiger partial charge >= 0.3 is 0 Å². The van der Waals surface area contributed by atoms with Crippen molar-refractivity contribution < 1.29 is 9.90 Å². The summed E-state index contributed by atoms with van der Waals surface area (Å²) in [6, 6.07) is 0. The van der Waals surface area contributed by atoms with Crippen LogP contribution >= 0.6 is 11.6 Å². The molecule has 0 aromatic carbocycles. The number of anilines is 1. The van der Waals surface area contributed by atoms with Crippen molar-refractivity contribution in [3.63, 3.8) is 0 Å². The highest BCUT2D eigenvalue weighted by Crippen LogP contribution is 2.25. The fourth-order valence-corrected chi connectivity index (χ4v) is 2.01. The van der Waals surface area contributed by atoms with Gasteiger partial charge in [-0.2, -0.15) is 0 Å². The molecule has 0 amide bonds. The van der Waals surface area contributed by atoms with Crippen molar-refractivity contribution >= 4 is 23.7 Å². The molecule has 6 heteroatoms. The molecule has 1 aromatic rings. The van der Waals surface area contributed by atoms with Crippen LogP contribution in [0.1, 0.15) is 42.9 Å². The number of hydrogen-bond donors (Lipinski definition) is 2. The molecule has 0 atom stereocenters. The Balaban J connectivity index is 2.79. The molecule has 0 saturated carbocycles. The van der Waals surface area contributed by atoms with Crippen LogP contribution in [0, 0.1) is 12.3 Å². The lowest BCUT2D eigenvalue weighted by molar-refractivity contribution is 0.112. The van der Waals surface area contributed by atoms with Crippen LogP contribution in [0.25, 0.3) is 0 Å². The number of halogens is 1. The Morgan fingerprint density at radius 2 is 2.11 bits per heavy atom. The minimum absolute atomic E-state index is 0.00574. The average Bonchev–Trinajstić information content (AvgIpc) is 2.33. The summed E-state index contributed by atoms with van der Waals surface area (Å²) >= 11 is 5.91. The maximum Gasteiger partial charge on any atom is 0.156 e. The van der Waals surface area contributed by atoms with Crippen LogP contribution in [0.5, 0.6) is 0 Å². The molecule has 106 valence electrons. The average molecular weight is 286 g/mol. The largest absolute Gasteiger partial charge is 0.396 e. The smallest absolute Gasteiger partial charge is 0.156 e. The molecule has 19 heavy (non-hydrogen) atoms. The molecule has 2 N–H and O–H groups in total. The standard InChI is InChI=1S/C13H20ClN3O2/c1-9-16-11(14)10(7-19)12(17-9)15-8-13(2,3)5-4-6-18/h7,18H,4-6,8H2,1-3H3,(H,15,16,17). The topological polar surface area (TPSA) is 75.1 Å². The van der Waals surface area contributed by atoms with Crippen LogP contribution in [0.15, 0.2) is 0 Å². The zero-order valence-corrected chi connectivity index (χ0v) is 12.3. The van der Waals surface area contributed by atoms with Gasteiger partial charge in [-0.3, -0.25) is 4.79 Å². The lowest BCUT2D eigenvalue weighted by Gasteiger charge is -2.25. The highest BCUT2D eigenvalue weighted by Gasteiger charge is 2.19. The van der Waals surface area contributed by atoms with E-state index in [-0.39, 0.29) is 22.7 Å². The lowest BCUT2D eigenvalue weighted by Crippen LogP contribution is -2.24. The Morgan fingerprint density at radius 3 is 2.68 bits per heavy atom. The maximum atomic E-state index is 11.0. The molecule has 0 bridgehead atoms. The summed E-state index contributed by atoms with van der Waals surface area (Å²) in [5.41, 5.74) is 0.277. The summed E-state index contributed by atoms with van der Waals surface area (Å²) in [5, 5.41) is 12.2. The van der Waals surface area contributed by atoms with Gasteiger partial charge in [0.2, 0.25) is 0 Å². The third kappa shape index (κ3) is 4.76. The zero-order chi connectivity index (χ0) is 14.5. The van der Waals surface area contributed by atoms with Crippen molar-refractivity contribution in [1.29, 1.82) is 0 Å². The normalized spacial score (nSPS) is 11.4. The molecule has 5 nitrogen and oxygen atoms in total. The Labute approximate surface area is 118 Å². The van der Waals surface area contributed by atoms with E-state index in [2.05, 4.69) is 29.1 Å². The van der Waals surface area contributed by atoms with Crippen LogP contribution in [0.3, 0.4) is 0 Å². The summed E-state index contributed by atoms with van der Waals surface area (Å²) in [5.74, 6) is 0.982. The Hall–Kier alpha value is -1.20. The van der Waals surface area contributed by atoms with E-state index in [0.29, 0.717) is 24.5 Å². The summed E-state index contributed by atoms with van der Waals surface area (Å²) < 4.78 is 0. The summed E-state index contributed by atoms with van der Waals surface area (Å²) in [7, 11) is 0. The minimum atomic E-state index is -0.00574. The molecule has 0 aliphatic carbocycles. The second-order valence-electron chi connectivity index (χ2n) is 5.29. The van der Waals surface area contributed by atoms with E-state index < -0.39 is 0 Å². The van der Waals surface area contributed by atoms with Crippen molar-refractivity contribution in [3.05, 3.63) is 16.5 Å². The fourth-order valence-electron chi connectivity index (χ4n) is 1.76. The first-order chi connectivity index (χ1) is 8.89. The molecule has 1 heterocycles. The highest BCUT2D eigenvalue weighted by molar-refractivity contribution is 6.32. The molecule has 0 saturated heterocycles. The quantitative estimate of drug-likeness (QED) is 0.594. The minimum Gasteiger partial charge on any atom is -0.396 e. The van der Waals surface area contributed by atoms with Gasteiger partial charge in [-0.15, -0.1) is 0 Å². The molecule has 0 fully saturated rings. The van der Waals surface area contributed by atoms with Gasteiger partial charge in [0.25, 0.3) is 0 Å². The van der Waals surface area contributed by atoms with Crippen molar-refractivity contribution in [2.45, 2.75) is 33.6 Å². The van der Waals surface area contributed by atoms with Crippen molar-refractivity contribution in [2.24, 2.45) is 5.41 Å². The van der Waals surface area contributed by atoms with Gasteiger partial charge in [0.15, 0.2) is 6.29 Å². The monoisotopic (exact) mass is 285 g/mol. The van der Waals surface area contributed by atoms with Crippen molar-refractivity contribution in [1.82, 2.24) is 9.97 Å². The van der Waals surface area contributed by atoms with Gasteiger partial charge in [0.1, 0.15) is 16.8 Å². The number of aryl methyl sites for hydroxylation is 1. The number of aldehydes is 1. The number of aliphatic hydroxyl groups is 1. The predicted molar refractivity (Wildman–Crippen MR) is 75.8 cm³/mol.